The predicted molar refractivity (Wildman–Crippen MR) is 71.5 cm³/mol. The molecule has 6 nitrogen and oxygen atoms in total. The lowest BCUT2D eigenvalue weighted by Gasteiger charge is -2.10. The number of ether oxygens (including phenoxy) is 1. The van der Waals surface area contributed by atoms with Crippen molar-refractivity contribution < 1.29 is 19.9 Å². The highest BCUT2D eigenvalue weighted by molar-refractivity contribution is 5.53. The standard InChI is InChI=1S/C14H13NO5/c16-8-10-6-13(15(18)19)14(7-11(10)9-17)20-12-4-2-1-3-5-12/h1-7,16-17H,8-9H2. The van der Waals surface area contributed by atoms with Crippen molar-refractivity contribution in [2.45, 2.75) is 13.2 Å². The fourth-order valence-electron chi connectivity index (χ4n) is 1.79. The van der Waals surface area contributed by atoms with Gasteiger partial charge in [-0.05, 0) is 29.3 Å². The molecular formula is C14H13NO5. The van der Waals surface area contributed by atoms with Crippen LogP contribution in [0.2, 0.25) is 0 Å². The normalized spacial score (nSPS) is 10.3. The lowest BCUT2D eigenvalue weighted by Crippen LogP contribution is -2.00. The maximum absolute atomic E-state index is 11.1. The summed E-state index contributed by atoms with van der Waals surface area (Å²) in [6, 6.07) is 11.2. The first-order valence-electron chi connectivity index (χ1n) is 5.90. The van der Waals surface area contributed by atoms with E-state index >= 15 is 0 Å². The van der Waals surface area contributed by atoms with Gasteiger partial charge >= 0.3 is 5.69 Å². The van der Waals surface area contributed by atoms with E-state index in [1.165, 1.54) is 12.1 Å². The van der Waals surface area contributed by atoms with Gasteiger partial charge in [-0.1, -0.05) is 18.2 Å². The van der Waals surface area contributed by atoms with Crippen molar-refractivity contribution >= 4 is 5.69 Å². The third kappa shape index (κ3) is 2.93. The van der Waals surface area contributed by atoms with E-state index in [2.05, 4.69) is 0 Å². The van der Waals surface area contributed by atoms with Gasteiger partial charge in [-0.2, -0.15) is 0 Å². The first-order chi connectivity index (χ1) is 9.65. The Morgan fingerprint density at radius 3 is 2.20 bits per heavy atom. The summed E-state index contributed by atoms with van der Waals surface area (Å²) in [6.07, 6.45) is 0. The molecule has 0 heterocycles. The zero-order valence-corrected chi connectivity index (χ0v) is 10.5. The number of nitrogens with zero attached hydrogens (tertiary/aromatic N) is 1. The number of nitro benzene ring substituents is 1. The summed E-state index contributed by atoms with van der Waals surface area (Å²) in [6.45, 7) is -0.721. The zero-order chi connectivity index (χ0) is 14.5. The summed E-state index contributed by atoms with van der Waals surface area (Å²) >= 11 is 0. The van der Waals surface area contributed by atoms with E-state index in [4.69, 9.17) is 9.84 Å². The van der Waals surface area contributed by atoms with Crippen LogP contribution in [0.15, 0.2) is 42.5 Å². The number of aliphatic hydroxyl groups is 2. The van der Waals surface area contributed by atoms with Crippen molar-refractivity contribution in [2.75, 3.05) is 0 Å². The minimum Gasteiger partial charge on any atom is -0.450 e. The third-order valence-electron chi connectivity index (χ3n) is 2.79. The highest BCUT2D eigenvalue weighted by Gasteiger charge is 2.19. The van der Waals surface area contributed by atoms with Gasteiger partial charge in [-0.3, -0.25) is 10.1 Å². The van der Waals surface area contributed by atoms with Crippen LogP contribution in [0, 0.1) is 10.1 Å². The molecular weight excluding hydrogens is 262 g/mol. The van der Waals surface area contributed by atoms with Crippen LogP contribution in [0.3, 0.4) is 0 Å². The molecule has 2 aromatic rings. The Morgan fingerprint density at radius 2 is 1.65 bits per heavy atom. The van der Waals surface area contributed by atoms with Gasteiger partial charge in [-0.25, -0.2) is 0 Å². The van der Waals surface area contributed by atoms with Crippen molar-refractivity contribution in [3.8, 4) is 11.5 Å². The summed E-state index contributed by atoms with van der Waals surface area (Å²) in [7, 11) is 0. The number of hydrogen-bond donors (Lipinski definition) is 2. The van der Waals surface area contributed by atoms with E-state index in [1.807, 2.05) is 0 Å². The summed E-state index contributed by atoms with van der Waals surface area (Å²) in [5, 5.41) is 29.5. The van der Waals surface area contributed by atoms with Crippen molar-refractivity contribution in [2.24, 2.45) is 0 Å². The van der Waals surface area contributed by atoms with Gasteiger partial charge in [0.1, 0.15) is 5.75 Å². The Labute approximate surface area is 115 Å². The van der Waals surface area contributed by atoms with Crippen LogP contribution in [-0.4, -0.2) is 15.1 Å². The van der Waals surface area contributed by atoms with Crippen LogP contribution in [-0.2, 0) is 13.2 Å². The Bertz CT molecular complexity index is 612. The molecule has 0 fully saturated rings. The number of nitro groups is 1. The molecule has 0 atom stereocenters. The second-order valence-corrected chi connectivity index (χ2v) is 4.08. The van der Waals surface area contributed by atoms with E-state index in [1.54, 1.807) is 30.3 Å². The molecule has 0 unspecified atom stereocenters. The van der Waals surface area contributed by atoms with Crippen LogP contribution in [0.5, 0.6) is 11.5 Å². The van der Waals surface area contributed by atoms with Crippen molar-refractivity contribution in [3.05, 3.63) is 63.7 Å². The lowest BCUT2D eigenvalue weighted by atomic mass is 10.1. The quantitative estimate of drug-likeness (QED) is 0.645. The molecule has 0 radical (unpaired) electrons. The Balaban J connectivity index is 2.47. The van der Waals surface area contributed by atoms with Gasteiger partial charge in [-0.15, -0.1) is 0 Å². The summed E-state index contributed by atoms with van der Waals surface area (Å²) < 4.78 is 5.48. The third-order valence-corrected chi connectivity index (χ3v) is 2.79. The Hall–Kier alpha value is -2.44. The van der Waals surface area contributed by atoms with Crippen molar-refractivity contribution in [3.63, 3.8) is 0 Å². The largest absolute Gasteiger partial charge is 0.450 e. The first-order valence-corrected chi connectivity index (χ1v) is 5.90. The van der Waals surface area contributed by atoms with Crippen LogP contribution in [0.25, 0.3) is 0 Å². The van der Waals surface area contributed by atoms with E-state index in [9.17, 15) is 15.2 Å². The van der Waals surface area contributed by atoms with E-state index in [-0.39, 0.29) is 24.7 Å². The summed E-state index contributed by atoms with van der Waals surface area (Å²) in [4.78, 5) is 10.5. The highest BCUT2D eigenvalue weighted by Crippen LogP contribution is 2.34. The van der Waals surface area contributed by atoms with Gasteiger partial charge < -0.3 is 14.9 Å². The Kier molecular flexibility index (Phi) is 4.29. The molecule has 0 saturated heterocycles. The lowest BCUT2D eigenvalue weighted by molar-refractivity contribution is -0.385. The van der Waals surface area contributed by atoms with Gasteiger partial charge in [0.15, 0.2) is 0 Å². The molecule has 6 heteroatoms. The molecule has 0 aliphatic heterocycles. The van der Waals surface area contributed by atoms with Crippen LogP contribution < -0.4 is 4.74 Å². The number of benzene rings is 2. The number of aliphatic hydroxyl groups excluding tert-OH is 2. The monoisotopic (exact) mass is 275 g/mol. The topological polar surface area (TPSA) is 92.8 Å². The molecule has 2 N–H and O–H groups in total. The van der Waals surface area contributed by atoms with Gasteiger partial charge in [0.2, 0.25) is 5.75 Å². The molecule has 0 aliphatic rings. The van der Waals surface area contributed by atoms with Crippen molar-refractivity contribution in [1.29, 1.82) is 0 Å². The molecule has 104 valence electrons. The molecule has 0 spiro atoms. The van der Waals surface area contributed by atoms with E-state index in [0.29, 0.717) is 16.9 Å². The first kappa shape index (κ1) is 14.0. The van der Waals surface area contributed by atoms with Gasteiger partial charge in [0.05, 0.1) is 18.1 Å². The maximum atomic E-state index is 11.1. The van der Waals surface area contributed by atoms with E-state index in [0.717, 1.165) is 0 Å². The van der Waals surface area contributed by atoms with Crippen LogP contribution in [0.4, 0.5) is 5.69 Å². The second-order valence-electron chi connectivity index (χ2n) is 4.08. The summed E-state index contributed by atoms with van der Waals surface area (Å²) in [5.74, 6) is 0.485. The SMILES string of the molecule is O=[N+]([O-])c1cc(CO)c(CO)cc1Oc1ccccc1. The fourth-order valence-corrected chi connectivity index (χ4v) is 1.79. The fraction of sp³-hybridized carbons (Fsp3) is 0.143. The summed E-state index contributed by atoms with van der Waals surface area (Å²) in [5.41, 5.74) is 0.443. The number of hydrogen-bond acceptors (Lipinski definition) is 5. The molecule has 0 saturated carbocycles. The van der Waals surface area contributed by atoms with Crippen LogP contribution >= 0.6 is 0 Å². The maximum Gasteiger partial charge on any atom is 0.311 e. The molecule has 0 aliphatic carbocycles. The smallest absolute Gasteiger partial charge is 0.311 e. The minimum atomic E-state index is -0.585. The molecule has 0 aromatic heterocycles. The molecule has 0 bridgehead atoms. The second kappa shape index (κ2) is 6.14. The molecule has 0 amide bonds. The van der Waals surface area contributed by atoms with Crippen LogP contribution in [0.1, 0.15) is 11.1 Å². The van der Waals surface area contributed by atoms with Crippen molar-refractivity contribution in [1.82, 2.24) is 0 Å². The number of rotatable bonds is 5. The van der Waals surface area contributed by atoms with E-state index < -0.39 is 4.92 Å². The Morgan fingerprint density at radius 1 is 1.05 bits per heavy atom. The predicted octanol–water partition coefficient (Wildman–Crippen LogP) is 2.37. The molecule has 20 heavy (non-hydrogen) atoms. The number of para-hydroxylation sites is 1. The molecule has 2 rings (SSSR count). The average Bonchev–Trinajstić information content (AvgIpc) is 2.47. The molecule has 2 aromatic carbocycles. The highest BCUT2D eigenvalue weighted by atomic mass is 16.6. The van der Waals surface area contributed by atoms with Gasteiger partial charge in [0.25, 0.3) is 0 Å². The average molecular weight is 275 g/mol. The van der Waals surface area contributed by atoms with Gasteiger partial charge in [0, 0.05) is 6.07 Å². The zero-order valence-electron chi connectivity index (χ0n) is 10.5. The minimum absolute atomic E-state index is 0.0300.